The summed E-state index contributed by atoms with van der Waals surface area (Å²) >= 11 is 0. The van der Waals surface area contributed by atoms with Crippen molar-refractivity contribution in [3.05, 3.63) is 0 Å². The number of rotatable bonds is 5. The third kappa shape index (κ3) is 3.46. The Morgan fingerprint density at radius 1 is 1.05 bits per heavy atom. The number of amides is 1. The summed E-state index contributed by atoms with van der Waals surface area (Å²) in [7, 11) is 0. The molecule has 0 atom stereocenters. The van der Waals surface area contributed by atoms with Gasteiger partial charge in [-0.2, -0.15) is 0 Å². The zero-order valence-corrected chi connectivity index (χ0v) is 11.5. The molecule has 2 N–H and O–H groups in total. The van der Waals surface area contributed by atoms with Gasteiger partial charge in [-0.15, -0.1) is 0 Å². The molecule has 0 aromatic heterocycles. The van der Waals surface area contributed by atoms with Gasteiger partial charge in [-0.3, -0.25) is 4.79 Å². The van der Waals surface area contributed by atoms with Crippen LogP contribution in [0.15, 0.2) is 0 Å². The van der Waals surface area contributed by atoms with Gasteiger partial charge in [0.25, 0.3) is 0 Å². The zero-order valence-electron chi connectivity index (χ0n) is 11.5. The van der Waals surface area contributed by atoms with Crippen LogP contribution >= 0.6 is 0 Å². The number of nitrogens with one attached hydrogen (secondary N) is 2. The molecule has 5 nitrogen and oxygen atoms in total. The fourth-order valence-corrected chi connectivity index (χ4v) is 3.00. The lowest BCUT2D eigenvalue weighted by Crippen LogP contribution is -2.44. The van der Waals surface area contributed by atoms with E-state index in [0.29, 0.717) is 12.0 Å². The van der Waals surface area contributed by atoms with Crippen molar-refractivity contribution in [2.75, 3.05) is 26.3 Å². The van der Waals surface area contributed by atoms with E-state index in [9.17, 15) is 4.79 Å². The van der Waals surface area contributed by atoms with E-state index >= 15 is 0 Å². The third-order valence-corrected chi connectivity index (χ3v) is 4.37. The maximum Gasteiger partial charge on any atom is 0.223 e. The largest absolute Gasteiger partial charge is 0.355 e. The first kappa shape index (κ1) is 13.3. The molecule has 2 aliphatic carbocycles. The molecule has 1 heterocycles. The lowest BCUT2D eigenvalue weighted by atomic mass is 9.90. The molecule has 0 aromatic carbocycles. The topological polar surface area (TPSA) is 59.6 Å². The molecular weight excluding hydrogens is 244 g/mol. The first-order chi connectivity index (χ1) is 9.27. The summed E-state index contributed by atoms with van der Waals surface area (Å²) in [5.41, 5.74) is 0. The van der Waals surface area contributed by atoms with Gasteiger partial charge in [0.2, 0.25) is 5.91 Å². The Labute approximate surface area is 114 Å². The smallest absolute Gasteiger partial charge is 0.223 e. The number of hydrogen-bond acceptors (Lipinski definition) is 4. The van der Waals surface area contributed by atoms with E-state index in [0.717, 1.165) is 64.8 Å². The fraction of sp³-hybridized carbons (Fsp3) is 0.929. The summed E-state index contributed by atoms with van der Waals surface area (Å²) in [6.45, 7) is 3.08. The Balaban J connectivity index is 1.28. The van der Waals surface area contributed by atoms with Gasteiger partial charge in [-0.25, -0.2) is 0 Å². The van der Waals surface area contributed by atoms with Crippen molar-refractivity contribution in [1.82, 2.24) is 10.6 Å². The van der Waals surface area contributed by atoms with Crippen molar-refractivity contribution in [3.63, 3.8) is 0 Å². The molecule has 1 aliphatic heterocycles. The van der Waals surface area contributed by atoms with E-state index in [4.69, 9.17) is 9.47 Å². The van der Waals surface area contributed by atoms with Crippen molar-refractivity contribution >= 4 is 5.91 Å². The molecule has 2 saturated carbocycles. The van der Waals surface area contributed by atoms with Gasteiger partial charge in [-0.1, -0.05) is 0 Å². The molecule has 0 bridgehead atoms. The Bertz CT molecular complexity index is 315. The van der Waals surface area contributed by atoms with Gasteiger partial charge in [0.15, 0.2) is 5.79 Å². The van der Waals surface area contributed by atoms with E-state index in [1.165, 1.54) is 0 Å². The molecular formula is C14H24N2O3. The minimum absolute atomic E-state index is 0.233. The molecule has 3 fully saturated rings. The molecule has 0 aromatic rings. The summed E-state index contributed by atoms with van der Waals surface area (Å²) in [5, 5.41) is 6.50. The highest BCUT2D eigenvalue weighted by atomic mass is 16.7. The van der Waals surface area contributed by atoms with Crippen LogP contribution < -0.4 is 10.6 Å². The fourth-order valence-electron chi connectivity index (χ4n) is 3.00. The molecule has 1 spiro atoms. The highest BCUT2D eigenvalue weighted by Gasteiger charge is 2.40. The van der Waals surface area contributed by atoms with Crippen LogP contribution in [-0.2, 0) is 14.3 Å². The quantitative estimate of drug-likeness (QED) is 0.724. The summed E-state index contributed by atoms with van der Waals surface area (Å²) in [6, 6.07) is 0.538. The molecule has 108 valence electrons. The van der Waals surface area contributed by atoms with E-state index in [-0.39, 0.29) is 11.7 Å². The van der Waals surface area contributed by atoms with Crippen LogP contribution in [0.2, 0.25) is 0 Å². The van der Waals surface area contributed by atoms with Gasteiger partial charge < -0.3 is 20.1 Å². The monoisotopic (exact) mass is 268 g/mol. The van der Waals surface area contributed by atoms with E-state index < -0.39 is 0 Å². The van der Waals surface area contributed by atoms with Crippen LogP contribution in [0.4, 0.5) is 0 Å². The highest BCUT2D eigenvalue weighted by Crippen LogP contribution is 2.35. The van der Waals surface area contributed by atoms with E-state index in [1.54, 1.807) is 0 Å². The van der Waals surface area contributed by atoms with Crippen LogP contribution in [-0.4, -0.2) is 44.0 Å². The number of hydrogen-bond donors (Lipinski definition) is 2. The van der Waals surface area contributed by atoms with Gasteiger partial charge in [0, 0.05) is 37.9 Å². The zero-order chi connectivity index (χ0) is 13.1. The lowest BCUT2D eigenvalue weighted by molar-refractivity contribution is -0.179. The highest BCUT2D eigenvalue weighted by molar-refractivity contribution is 5.80. The maximum atomic E-state index is 11.5. The van der Waals surface area contributed by atoms with Gasteiger partial charge >= 0.3 is 0 Å². The number of carbonyl (C=O) groups is 1. The first-order valence-electron chi connectivity index (χ1n) is 7.56. The predicted octanol–water partition coefficient (Wildman–Crippen LogP) is 0.788. The van der Waals surface area contributed by atoms with Crippen LogP contribution in [0.1, 0.15) is 38.5 Å². The molecule has 0 unspecified atom stereocenters. The van der Waals surface area contributed by atoms with Crippen molar-refractivity contribution in [2.24, 2.45) is 5.92 Å². The Morgan fingerprint density at radius 3 is 2.37 bits per heavy atom. The molecule has 1 amide bonds. The molecule has 19 heavy (non-hydrogen) atoms. The van der Waals surface area contributed by atoms with Gasteiger partial charge in [-0.05, 0) is 25.7 Å². The maximum absolute atomic E-state index is 11.5. The SMILES string of the molecule is O=C(NCCNC1CCC2(CC1)OCCO2)C1CC1. The summed E-state index contributed by atoms with van der Waals surface area (Å²) in [5.74, 6) is 0.279. The minimum Gasteiger partial charge on any atom is -0.355 e. The predicted molar refractivity (Wildman–Crippen MR) is 70.6 cm³/mol. The second-order valence-corrected chi connectivity index (χ2v) is 5.90. The van der Waals surface area contributed by atoms with E-state index in [1.807, 2.05) is 0 Å². The Kier molecular flexibility index (Phi) is 4.05. The molecule has 5 heteroatoms. The van der Waals surface area contributed by atoms with Crippen molar-refractivity contribution < 1.29 is 14.3 Å². The van der Waals surface area contributed by atoms with Gasteiger partial charge in [0.1, 0.15) is 0 Å². The molecule has 1 saturated heterocycles. The average molecular weight is 268 g/mol. The standard InChI is InChI=1S/C14H24N2O3/c17-13(11-1-2-11)16-8-7-15-12-3-5-14(6-4-12)18-9-10-19-14/h11-12,15H,1-10H2,(H,16,17). The van der Waals surface area contributed by atoms with Gasteiger partial charge in [0.05, 0.1) is 13.2 Å². The molecule has 3 rings (SSSR count). The average Bonchev–Trinajstić information content (AvgIpc) is 3.19. The van der Waals surface area contributed by atoms with Crippen LogP contribution in [0.25, 0.3) is 0 Å². The van der Waals surface area contributed by atoms with E-state index in [2.05, 4.69) is 10.6 Å². The Morgan fingerprint density at radius 2 is 1.74 bits per heavy atom. The number of ether oxygens (including phenoxy) is 2. The lowest BCUT2D eigenvalue weighted by Gasteiger charge is -2.35. The third-order valence-electron chi connectivity index (χ3n) is 4.37. The normalized spacial score (nSPS) is 26.7. The van der Waals surface area contributed by atoms with Crippen molar-refractivity contribution in [3.8, 4) is 0 Å². The summed E-state index contributed by atoms with van der Waals surface area (Å²) in [4.78, 5) is 11.5. The second-order valence-electron chi connectivity index (χ2n) is 5.90. The van der Waals surface area contributed by atoms with Crippen LogP contribution in [0.3, 0.4) is 0 Å². The molecule has 3 aliphatic rings. The minimum atomic E-state index is -0.266. The Hall–Kier alpha value is -0.650. The summed E-state index contributed by atoms with van der Waals surface area (Å²) in [6.07, 6.45) is 6.30. The first-order valence-corrected chi connectivity index (χ1v) is 7.56. The second kappa shape index (κ2) is 5.77. The molecule has 0 radical (unpaired) electrons. The number of carbonyl (C=O) groups excluding carboxylic acids is 1. The van der Waals surface area contributed by atoms with Crippen molar-refractivity contribution in [1.29, 1.82) is 0 Å². The van der Waals surface area contributed by atoms with Crippen LogP contribution in [0, 0.1) is 5.92 Å². The van der Waals surface area contributed by atoms with Crippen molar-refractivity contribution in [2.45, 2.75) is 50.4 Å². The summed E-state index contributed by atoms with van der Waals surface area (Å²) < 4.78 is 11.4. The van der Waals surface area contributed by atoms with Crippen LogP contribution in [0.5, 0.6) is 0 Å².